The molecular formula is C18H19FN2O3. The molecule has 0 aliphatic carbocycles. The number of hydrogen-bond donors (Lipinski definition) is 2. The van der Waals surface area contributed by atoms with E-state index in [1.54, 1.807) is 12.1 Å². The normalized spacial score (nSPS) is 11.6. The molecule has 5 nitrogen and oxygen atoms in total. The Hall–Kier alpha value is -2.89. The van der Waals surface area contributed by atoms with Crippen LogP contribution in [0, 0.1) is 5.82 Å². The van der Waals surface area contributed by atoms with Gasteiger partial charge in [-0.15, -0.1) is 0 Å². The third kappa shape index (κ3) is 4.32. The van der Waals surface area contributed by atoms with Crippen LogP contribution in [0.4, 0.5) is 15.8 Å². The van der Waals surface area contributed by atoms with Crippen LogP contribution in [-0.2, 0) is 16.0 Å². The van der Waals surface area contributed by atoms with Gasteiger partial charge in [0.25, 0.3) is 5.91 Å². The van der Waals surface area contributed by atoms with Crippen LogP contribution in [0.15, 0.2) is 42.5 Å². The number of aryl methyl sites for hydroxylation is 1. The highest BCUT2D eigenvalue weighted by Crippen LogP contribution is 2.16. The third-order valence-corrected chi connectivity index (χ3v) is 3.52. The molecule has 0 spiro atoms. The molecule has 0 saturated carbocycles. The Morgan fingerprint density at radius 3 is 2.46 bits per heavy atom. The monoisotopic (exact) mass is 330 g/mol. The summed E-state index contributed by atoms with van der Waals surface area (Å²) < 4.78 is 18.1. The first kappa shape index (κ1) is 17.5. The van der Waals surface area contributed by atoms with E-state index in [4.69, 9.17) is 10.5 Å². The molecule has 2 aromatic carbocycles. The van der Waals surface area contributed by atoms with E-state index in [9.17, 15) is 14.0 Å². The smallest absolute Gasteiger partial charge is 0.341 e. The van der Waals surface area contributed by atoms with Gasteiger partial charge in [0.1, 0.15) is 5.82 Å². The zero-order valence-corrected chi connectivity index (χ0v) is 13.5. The first-order valence-corrected chi connectivity index (χ1v) is 7.56. The number of carbonyl (C=O) groups excluding carboxylic acids is 2. The van der Waals surface area contributed by atoms with E-state index >= 15 is 0 Å². The van der Waals surface area contributed by atoms with Gasteiger partial charge in [0.05, 0.1) is 5.56 Å². The Kier molecular flexibility index (Phi) is 5.52. The first-order valence-electron chi connectivity index (χ1n) is 7.56. The number of amides is 1. The summed E-state index contributed by atoms with van der Waals surface area (Å²) in [6, 6.07) is 10.7. The highest BCUT2D eigenvalue weighted by atomic mass is 19.1. The van der Waals surface area contributed by atoms with Crippen molar-refractivity contribution in [3.05, 3.63) is 59.4 Å². The van der Waals surface area contributed by atoms with Gasteiger partial charge in [0.15, 0.2) is 6.10 Å². The Balaban J connectivity index is 1.98. The lowest BCUT2D eigenvalue weighted by atomic mass is 10.1. The lowest BCUT2D eigenvalue weighted by Crippen LogP contribution is -2.30. The third-order valence-electron chi connectivity index (χ3n) is 3.52. The van der Waals surface area contributed by atoms with E-state index in [-0.39, 0.29) is 11.3 Å². The minimum absolute atomic E-state index is 0.0170. The fraction of sp³-hybridized carbons (Fsp3) is 0.222. The fourth-order valence-corrected chi connectivity index (χ4v) is 2.06. The Morgan fingerprint density at radius 1 is 1.21 bits per heavy atom. The highest BCUT2D eigenvalue weighted by molar-refractivity contribution is 5.99. The molecule has 0 fully saturated rings. The van der Waals surface area contributed by atoms with Crippen molar-refractivity contribution in [2.75, 3.05) is 11.1 Å². The largest absolute Gasteiger partial charge is 0.449 e. The van der Waals surface area contributed by atoms with E-state index in [0.717, 1.165) is 24.1 Å². The number of anilines is 2. The molecule has 6 heteroatoms. The summed E-state index contributed by atoms with van der Waals surface area (Å²) in [4.78, 5) is 24.1. The van der Waals surface area contributed by atoms with E-state index in [0.29, 0.717) is 5.69 Å². The molecule has 2 aromatic rings. The van der Waals surface area contributed by atoms with Gasteiger partial charge in [0, 0.05) is 11.4 Å². The number of hydrogen-bond acceptors (Lipinski definition) is 4. The van der Waals surface area contributed by atoms with Crippen molar-refractivity contribution in [3.8, 4) is 0 Å². The lowest BCUT2D eigenvalue weighted by molar-refractivity contribution is -0.123. The first-order chi connectivity index (χ1) is 11.4. The second-order valence-corrected chi connectivity index (χ2v) is 5.32. The summed E-state index contributed by atoms with van der Waals surface area (Å²) in [5.41, 5.74) is 7.33. The SMILES string of the molecule is CCc1ccc(NC(=O)C(C)OC(=O)c2ccc(F)cc2N)cc1. The molecule has 0 aliphatic rings. The molecule has 1 unspecified atom stereocenters. The molecule has 24 heavy (non-hydrogen) atoms. The van der Waals surface area contributed by atoms with Gasteiger partial charge in [-0.3, -0.25) is 4.79 Å². The summed E-state index contributed by atoms with van der Waals surface area (Å²) >= 11 is 0. The molecule has 1 atom stereocenters. The van der Waals surface area contributed by atoms with Crippen LogP contribution >= 0.6 is 0 Å². The van der Waals surface area contributed by atoms with Gasteiger partial charge in [-0.1, -0.05) is 19.1 Å². The van der Waals surface area contributed by atoms with Crippen LogP contribution in [0.5, 0.6) is 0 Å². The van der Waals surface area contributed by atoms with E-state index in [1.165, 1.54) is 13.0 Å². The highest BCUT2D eigenvalue weighted by Gasteiger charge is 2.20. The number of ether oxygens (including phenoxy) is 1. The van der Waals surface area contributed by atoms with Gasteiger partial charge in [-0.05, 0) is 49.2 Å². The maximum absolute atomic E-state index is 13.0. The molecule has 0 aliphatic heterocycles. The molecule has 0 bridgehead atoms. The number of rotatable bonds is 5. The predicted molar refractivity (Wildman–Crippen MR) is 90.1 cm³/mol. The van der Waals surface area contributed by atoms with Crippen LogP contribution in [0.3, 0.4) is 0 Å². The Bertz CT molecular complexity index is 744. The van der Waals surface area contributed by atoms with E-state index < -0.39 is 23.8 Å². The number of halogens is 1. The van der Waals surface area contributed by atoms with Crippen molar-refractivity contribution in [2.45, 2.75) is 26.4 Å². The van der Waals surface area contributed by atoms with Crippen LogP contribution in [-0.4, -0.2) is 18.0 Å². The summed E-state index contributed by atoms with van der Waals surface area (Å²) in [7, 11) is 0. The van der Waals surface area contributed by atoms with E-state index in [2.05, 4.69) is 5.32 Å². The number of carbonyl (C=O) groups is 2. The molecule has 0 aromatic heterocycles. The molecular weight excluding hydrogens is 311 g/mol. The average molecular weight is 330 g/mol. The maximum Gasteiger partial charge on any atom is 0.341 e. The standard InChI is InChI=1S/C18H19FN2O3/c1-3-12-4-7-14(8-5-12)21-17(22)11(2)24-18(23)15-9-6-13(19)10-16(15)20/h4-11H,3,20H2,1-2H3,(H,21,22). The number of benzene rings is 2. The molecule has 3 N–H and O–H groups in total. The van der Waals surface area contributed by atoms with E-state index in [1.807, 2.05) is 19.1 Å². The van der Waals surface area contributed by atoms with Crippen molar-refractivity contribution in [2.24, 2.45) is 0 Å². The lowest BCUT2D eigenvalue weighted by Gasteiger charge is -2.14. The van der Waals surface area contributed by atoms with Crippen molar-refractivity contribution in [3.63, 3.8) is 0 Å². The fourth-order valence-electron chi connectivity index (χ4n) is 2.06. The predicted octanol–water partition coefficient (Wildman–Crippen LogP) is 3.15. The minimum Gasteiger partial charge on any atom is -0.449 e. The summed E-state index contributed by atoms with van der Waals surface area (Å²) in [5.74, 6) is -1.80. The van der Waals surface area contributed by atoms with Crippen LogP contribution in [0.25, 0.3) is 0 Å². The van der Waals surface area contributed by atoms with Crippen molar-refractivity contribution in [1.29, 1.82) is 0 Å². The number of nitrogens with one attached hydrogen (secondary N) is 1. The van der Waals surface area contributed by atoms with Gasteiger partial charge in [0.2, 0.25) is 0 Å². The number of esters is 1. The van der Waals surface area contributed by atoms with Gasteiger partial charge >= 0.3 is 5.97 Å². The maximum atomic E-state index is 13.0. The van der Waals surface area contributed by atoms with Crippen LogP contribution in [0.1, 0.15) is 29.8 Å². The second-order valence-electron chi connectivity index (χ2n) is 5.32. The summed E-state index contributed by atoms with van der Waals surface area (Å²) in [5, 5.41) is 2.67. The quantitative estimate of drug-likeness (QED) is 0.652. The summed E-state index contributed by atoms with van der Waals surface area (Å²) in [6.45, 7) is 3.49. The van der Waals surface area contributed by atoms with Gasteiger partial charge in [-0.25, -0.2) is 9.18 Å². The van der Waals surface area contributed by atoms with Gasteiger partial charge in [-0.2, -0.15) is 0 Å². The number of nitrogens with two attached hydrogens (primary N) is 1. The van der Waals surface area contributed by atoms with Crippen LogP contribution < -0.4 is 11.1 Å². The molecule has 0 heterocycles. The minimum atomic E-state index is -1.02. The van der Waals surface area contributed by atoms with Crippen molar-refractivity contribution >= 4 is 23.3 Å². The van der Waals surface area contributed by atoms with Crippen molar-refractivity contribution < 1.29 is 18.7 Å². The topological polar surface area (TPSA) is 81.4 Å². The molecule has 1 amide bonds. The summed E-state index contributed by atoms with van der Waals surface area (Å²) in [6.07, 6.45) is -0.116. The van der Waals surface area contributed by atoms with Gasteiger partial charge < -0.3 is 15.8 Å². The molecule has 0 saturated heterocycles. The molecule has 126 valence electrons. The molecule has 2 rings (SSSR count). The zero-order valence-electron chi connectivity index (χ0n) is 13.5. The zero-order chi connectivity index (χ0) is 17.7. The Morgan fingerprint density at radius 2 is 1.88 bits per heavy atom. The molecule has 0 radical (unpaired) electrons. The Labute approximate surface area is 139 Å². The van der Waals surface area contributed by atoms with Crippen molar-refractivity contribution in [1.82, 2.24) is 0 Å². The second kappa shape index (κ2) is 7.59. The average Bonchev–Trinajstić information content (AvgIpc) is 2.55. The number of nitrogen functional groups attached to an aromatic ring is 1. The van der Waals surface area contributed by atoms with Crippen LogP contribution in [0.2, 0.25) is 0 Å².